The third kappa shape index (κ3) is 3.63. The maximum Gasteiger partial charge on any atom is 0.262 e. The molecule has 0 saturated carbocycles. The number of hydrogen-bond donors (Lipinski definition) is 2. The number of hydrazone groups is 1. The maximum atomic E-state index is 12.2. The van der Waals surface area contributed by atoms with Gasteiger partial charge < -0.3 is 9.73 Å². The van der Waals surface area contributed by atoms with Gasteiger partial charge in [0.05, 0.1) is 6.21 Å². The Balaban J connectivity index is 1.64. The average molecular weight is 321 g/mol. The van der Waals surface area contributed by atoms with Crippen molar-refractivity contribution < 1.29 is 9.21 Å². The molecule has 0 aliphatic carbocycles. The molecule has 3 rings (SSSR count). The minimum atomic E-state index is -0.425. The van der Waals surface area contributed by atoms with Crippen LogP contribution in [0.5, 0.6) is 0 Å². The molecule has 0 unspecified atom stereocenters. The number of anilines is 1. The summed E-state index contributed by atoms with van der Waals surface area (Å²) in [5.74, 6) is 1.18. The first-order valence-electron chi connectivity index (χ1n) is 7.77. The summed E-state index contributed by atoms with van der Waals surface area (Å²) in [4.78, 5) is 12.2. The molecule has 2 N–H and O–H groups in total. The fourth-order valence-corrected chi connectivity index (χ4v) is 2.43. The molecule has 1 aromatic heterocycles. The summed E-state index contributed by atoms with van der Waals surface area (Å²) in [6, 6.07) is 17.2. The topological polar surface area (TPSA) is 66.6 Å². The lowest BCUT2D eigenvalue weighted by atomic mass is 10.1. The first-order valence-corrected chi connectivity index (χ1v) is 7.77. The number of nitrogens with one attached hydrogen (secondary N) is 2. The molecule has 5 nitrogen and oxygen atoms in total. The van der Waals surface area contributed by atoms with Crippen LogP contribution in [0, 0.1) is 6.92 Å². The van der Waals surface area contributed by atoms with E-state index in [-0.39, 0.29) is 5.91 Å². The largest absolute Gasteiger partial charge is 0.460 e. The lowest BCUT2D eigenvalue weighted by Crippen LogP contribution is -2.34. The van der Waals surface area contributed by atoms with Gasteiger partial charge in [0.25, 0.3) is 5.91 Å². The molecular weight excluding hydrogens is 302 g/mol. The molecule has 0 radical (unpaired) electrons. The molecule has 1 heterocycles. The van der Waals surface area contributed by atoms with E-state index in [4.69, 9.17) is 4.42 Å². The molecule has 0 fully saturated rings. The average Bonchev–Trinajstić information content (AvgIpc) is 3.00. The highest BCUT2D eigenvalue weighted by atomic mass is 16.3. The molecule has 0 bridgehead atoms. The van der Waals surface area contributed by atoms with Crippen LogP contribution in [0.4, 0.5) is 5.69 Å². The third-order valence-corrected chi connectivity index (χ3v) is 3.68. The van der Waals surface area contributed by atoms with Crippen molar-refractivity contribution in [2.24, 2.45) is 5.10 Å². The van der Waals surface area contributed by atoms with Crippen molar-refractivity contribution in [1.29, 1.82) is 0 Å². The zero-order valence-corrected chi connectivity index (χ0v) is 13.6. The predicted molar refractivity (Wildman–Crippen MR) is 96.2 cm³/mol. The van der Waals surface area contributed by atoms with E-state index in [0.717, 1.165) is 22.2 Å². The highest BCUT2D eigenvalue weighted by Gasteiger charge is 2.13. The van der Waals surface area contributed by atoms with E-state index in [0.29, 0.717) is 5.76 Å². The van der Waals surface area contributed by atoms with Gasteiger partial charge in [-0.1, -0.05) is 36.4 Å². The summed E-state index contributed by atoms with van der Waals surface area (Å²) in [5, 5.41) is 9.35. The van der Waals surface area contributed by atoms with Gasteiger partial charge in [0.2, 0.25) is 0 Å². The van der Waals surface area contributed by atoms with E-state index >= 15 is 0 Å². The Hall–Kier alpha value is -3.08. The Morgan fingerprint density at radius 1 is 1.12 bits per heavy atom. The van der Waals surface area contributed by atoms with Crippen LogP contribution in [-0.2, 0) is 4.79 Å². The summed E-state index contributed by atoms with van der Waals surface area (Å²) >= 11 is 0. The molecule has 1 atom stereocenters. The fourth-order valence-electron chi connectivity index (χ4n) is 2.43. The van der Waals surface area contributed by atoms with Crippen molar-refractivity contribution in [3.63, 3.8) is 0 Å². The Morgan fingerprint density at radius 3 is 2.71 bits per heavy atom. The summed E-state index contributed by atoms with van der Waals surface area (Å²) in [6.07, 6.45) is 1.48. The van der Waals surface area contributed by atoms with Gasteiger partial charge in [-0.2, -0.15) is 5.10 Å². The minimum absolute atomic E-state index is 0.220. The molecule has 1 amide bonds. The Morgan fingerprint density at radius 2 is 1.92 bits per heavy atom. The van der Waals surface area contributed by atoms with E-state index in [1.54, 1.807) is 13.0 Å². The molecule has 3 aromatic rings. The van der Waals surface area contributed by atoms with E-state index in [1.165, 1.54) is 6.21 Å². The van der Waals surface area contributed by atoms with Gasteiger partial charge in [0.15, 0.2) is 0 Å². The van der Waals surface area contributed by atoms with Gasteiger partial charge >= 0.3 is 0 Å². The highest BCUT2D eigenvalue weighted by Crippen LogP contribution is 2.23. The van der Waals surface area contributed by atoms with Gasteiger partial charge in [-0.3, -0.25) is 4.79 Å². The number of rotatable bonds is 5. The fraction of sp³-hybridized carbons (Fsp3) is 0.158. The van der Waals surface area contributed by atoms with Crippen LogP contribution < -0.4 is 10.7 Å². The van der Waals surface area contributed by atoms with Crippen LogP contribution in [-0.4, -0.2) is 18.2 Å². The lowest BCUT2D eigenvalue weighted by molar-refractivity contribution is -0.121. The summed E-state index contributed by atoms with van der Waals surface area (Å²) in [6.45, 7) is 3.65. The van der Waals surface area contributed by atoms with Crippen LogP contribution in [0.2, 0.25) is 0 Å². The van der Waals surface area contributed by atoms with Crippen LogP contribution in [0.3, 0.4) is 0 Å². The lowest BCUT2D eigenvalue weighted by Gasteiger charge is -2.15. The first-order chi connectivity index (χ1) is 11.6. The van der Waals surface area contributed by atoms with Gasteiger partial charge in [0, 0.05) is 11.1 Å². The summed E-state index contributed by atoms with van der Waals surface area (Å²) < 4.78 is 5.35. The molecule has 0 spiro atoms. The molecule has 0 aliphatic rings. The van der Waals surface area contributed by atoms with Crippen molar-refractivity contribution in [3.8, 4) is 0 Å². The Bertz CT molecular complexity index is 878. The Kier molecular flexibility index (Phi) is 4.61. The van der Waals surface area contributed by atoms with Crippen molar-refractivity contribution in [1.82, 2.24) is 5.43 Å². The molecule has 122 valence electrons. The molecule has 2 aromatic carbocycles. The van der Waals surface area contributed by atoms with Crippen molar-refractivity contribution >= 4 is 28.6 Å². The minimum Gasteiger partial charge on any atom is -0.460 e. The number of benzene rings is 2. The second-order valence-corrected chi connectivity index (χ2v) is 5.58. The number of amides is 1. The van der Waals surface area contributed by atoms with Gasteiger partial charge in [-0.15, -0.1) is 0 Å². The summed E-state index contributed by atoms with van der Waals surface area (Å²) in [7, 11) is 0. The van der Waals surface area contributed by atoms with Crippen molar-refractivity contribution in [2.45, 2.75) is 19.9 Å². The maximum absolute atomic E-state index is 12.2. The number of carbonyl (C=O) groups excluding carboxylic acids is 1. The predicted octanol–water partition coefficient (Wildman–Crippen LogP) is 3.69. The smallest absolute Gasteiger partial charge is 0.262 e. The molecule has 5 heteroatoms. The quantitative estimate of drug-likeness (QED) is 0.556. The number of hydrogen-bond acceptors (Lipinski definition) is 4. The molecule has 24 heavy (non-hydrogen) atoms. The summed E-state index contributed by atoms with van der Waals surface area (Å²) in [5.41, 5.74) is 3.43. The second-order valence-electron chi connectivity index (χ2n) is 5.58. The van der Waals surface area contributed by atoms with Gasteiger partial charge in [-0.05, 0) is 37.4 Å². The highest BCUT2D eigenvalue weighted by molar-refractivity contribution is 5.96. The molecular formula is C19H19N3O2. The van der Waals surface area contributed by atoms with Crippen LogP contribution in [0.1, 0.15) is 18.4 Å². The second kappa shape index (κ2) is 7.00. The number of furan rings is 1. The van der Waals surface area contributed by atoms with E-state index in [9.17, 15) is 4.79 Å². The standard InChI is InChI=1S/C19H19N3O2/c1-13-10-11-16(24-13)12-20-22-19(23)14(2)21-18-9-5-7-15-6-3-4-8-17(15)18/h3-12,14,21H,1-2H3,(H,22,23)/b20-12-/t14-/m0/s1. The molecule has 0 aliphatic heterocycles. The number of nitrogens with zero attached hydrogens (tertiary/aromatic N) is 1. The number of fused-ring (bicyclic) bond motifs is 1. The first kappa shape index (κ1) is 15.8. The third-order valence-electron chi connectivity index (χ3n) is 3.68. The monoisotopic (exact) mass is 321 g/mol. The zero-order chi connectivity index (χ0) is 16.9. The van der Waals surface area contributed by atoms with Gasteiger partial charge in [0.1, 0.15) is 17.6 Å². The molecule has 0 saturated heterocycles. The van der Waals surface area contributed by atoms with Crippen LogP contribution in [0.25, 0.3) is 10.8 Å². The van der Waals surface area contributed by atoms with Gasteiger partial charge in [-0.25, -0.2) is 5.43 Å². The van der Waals surface area contributed by atoms with Crippen molar-refractivity contribution in [2.75, 3.05) is 5.32 Å². The van der Waals surface area contributed by atoms with Crippen LogP contribution in [0.15, 0.2) is 64.1 Å². The van der Waals surface area contributed by atoms with E-state index in [1.807, 2.05) is 55.5 Å². The van der Waals surface area contributed by atoms with Crippen molar-refractivity contribution in [3.05, 3.63) is 66.1 Å². The zero-order valence-electron chi connectivity index (χ0n) is 13.6. The van der Waals surface area contributed by atoms with E-state index < -0.39 is 6.04 Å². The SMILES string of the molecule is Cc1ccc(/C=N\NC(=O)[C@H](C)Nc2cccc3ccccc23)o1. The normalized spacial score (nSPS) is 12.4. The number of carbonyl (C=O) groups is 1. The van der Waals surface area contributed by atoms with E-state index in [2.05, 4.69) is 15.8 Å². The Labute approximate surface area is 140 Å². The number of aryl methyl sites for hydroxylation is 1. The van der Waals surface area contributed by atoms with Crippen LogP contribution >= 0.6 is 0 Å².